The quantitative estimate of drug-likeness (QED) is 0.603. The lowest BCUT2D eigenvalue weighted by Gasteiger charge is -2.34. The summed E-state index contributed by atoms with van der Waals surface area (Å²) in [6.45, 7) is 9.38. The second-order valence-electron chi connectivity index (χ2n) is 8.46. The van der Waals surface area contributed by atoms with Gasteiger partial charge in [-0.15, -0.1) is 10.2 Å². The molecule has 0 aliphatic carbocycles. The van der Waals surface area contributed by atoms with E-state index in [1.807, 2.05) is 13.8 Å². The van der Waals surface area contributed by atoms with E-state index in [1.165, 1.54) is 22.6 Å². The maximum absolute atomic E-state index is 13.3. The van der Waals surface area contributed by atoms with E-state index in [-0.39, 0.29) is 13.3 Å². The molecule has 0 radical (unpaired) electrons. The minimum atomic E-state index is -0.708. The molecule has 6 nitrogen and oxygen atoms in total. The number of morpholine rings is 1. The highest BCUT2D eigenvalue weighted by Gasteiger charge is 2.39. The average Bonchev–Trinajstić information content (AvgIpc) is 3.28. The SMILES string of the molecule is Cc1cccc(C(c2ccc(N3CCOCC3)cc2)C(C)(C)C(=O)Nc2nncs2)c1.[HH]. The van der Waals surface area contributed by atoms with Gasteiger partial charge in [0.25, 0.3) is 0 Å². The zero-order chi connectivity index (χ0) is 21.8. The Balaban J connectivity index is 0.00000289. The van der Waals surface area contributed by atoms with Gasteiger partial charge in [-0.1, -0.05) is 67.1 Å². The van der Waals surface area contributed by atoms with Crippen LogP contribution in [0.2, 0.25) is 0 Å². The Morgan fingerprint density at radius 1 is 1.16 bits per heavy atom. The van der Waals surface area contributed by atoms with Crippen molar-refractivity contribution in [2.24, 2.45) is 5.41 Å². The van der Waals surface area contributed by atoms with Gasteiger partial charge in [0.2, 0.25) is 11.0 Å². The Hall–Kier alpha value is -2.77. The maximum atomic E-state index is 13.3. The van der Waals surface area contributed by atoms with Crippen molar-refractivity contribution >= 4 is 28.1 Å². The van der Waals surface area contributed by atoms with Crippen LogP contribution in [0.15, 0.2) is 54.0 Å². The molecule has 1 aliphatic rings. The molecule has 2 heterocycles. The van der Waals surface area contributed by atoms with E-state index in [2.05, 4.69) is 75.9 Å². The van der Waals surface area contributed by atoms with Crippen LogP contribution in [0.5, 0.6) is 0 Å². The molecular weight excluding hydrogens is 408 g/mol. The van der Waals surface area contributed by atoms with E-state index < -0.39 is 5.41 Å². The van der Waals surface area contributed by atoms with Crippen molar-refractivity contribution < 1.29 is 11.0 Å². The number of rotatable bonds is 6. The molecule has 1 fully saturated rings. The number of anilines is 2. The van der Waals surface area contributed by atoms with E-state index >= 15 is 0 Å². The molecule has 0 bridgehead atoms. The number of aromatic nitrogens is 2. The minimum Gasteiger partial charge on any atom is -0.378 e. The van der Waals surface area contributed by atoms with Crippen molar-refractivity contribution in [1.29, 1.82) is 0 Å². The third-order valence-corrected chi connectivity index (χ3v) is 6.47. The zero-order valence-corrected chi connectivity index (χ0v) is 19.0. The first-order valence-corrected chi connectivity index (χ1v) is 11.4. The third-order valence-electron chi connectivity index (χ3n) is 5.87. The van der Waals surface area contributed by atoms with E-state index in [0.717, 1.165) is 37.4 Å². The predicted molar refractivity (Wildman–Crippen MR) is 127 cm³/mol. The summed E-state index contributed by atoms with van der Waals surface area (Å²) in [5.41, 5.74) is 5.50. The molecule has 1 amide bonds. The normalized spacial score (nSPS) is 15.5. The van der Waals surface area contributed by atoms with Crippen molar-refractivity contribution in [3.63, 3.8) is 0 Å². The van der Waals surface area contributed by atoms with Gasteiger partial charge in [-0.05, 0) is 30.2 Å². The summed E-state index contributed by atoms with van der Waals surface area (Å²) in [6, 6.07) is 17.0. The predicted octanol–water partition coefficient (Wildman–Crippen LogP) is 4.73. The van der Waals surface area contributed by atoms with Gasteiger partial charge in [-0.3, -0.25) is 4.79 Å². The van der Waals surface area contributed by atoms with Crippen LogP contribution in [-0.4, -0.2) is 42.4 Å². The zero-order valence-electron chi connectivity index (χ0n) is 18.2. The molecule has 1 atom stereocenters. The highest BCUT2D eigenvalue weighted by atomic mass is 32.1. The van der Waals surface area contributed by atoms with Crippen LogP contribution in [0.1, 0.15) is 37.9 Å². The lowest BCUT2D eigenvalue weighted by molar-refractivity contribution is -0.124. The number of amides is 1. The molecule has 0 saturated carbocycles. The number of carbonyl (C=O) groups is 1. The fraction of sp³-hybridized carbons (Fsp3) is 0.375. The van der Waals surface area contributed by atoms with Crippen LogP contribution < -0.4 is 10.2 Å². The highest BCUT2D eigenvalue weighted by molar-refractivity contribution is 7.13. The van der Waals surface area contributed by atoms with Gasteiger partial charge in [0.15, 0.2) is 0 Å². The Bertz CT molecular complexity index is 1020. The number of carbonyl (C=O) groups excluding carboxylic acids is 1. The van der Waals surface area contributed by atoms with Crippen LogP contribution in [0.25, 0.3) is 0 Å². The van der Waals surface area contributed by atoms with E-state index in [9.17, 15) is 4.79 Å². The molecule has 164 valence electrons. The summed E-state index contributed by atoms with van der Waals surface area (Å²) >= 11 is 1.32. The molecule has 2 aromatic carbocycles. The lowest BCUT2D eigenvalue weighted by Crippen LogP contribution is -2.37. The Labute approximate surface area is 188 Å². The molecule has 1 N–H and O–H groups in total. The number of benzene rings is 2. The van der Waals surface area contributed by atoms with E-state index in [0.29, 0.717) is 5.13 Å². The number of nitrogens with zero attached hydrogens (tertiary/aromatic N) is 3. The summed E-state index contributed by atoms with van der Waals surface area (Å²) in [7, 11) is 0. The monoisotopic (exact) mass is 438 g/mol. The maximum Gasteiger partial charge on any atom is 0.232 e. The molecular formula is C24H30N4O2S. The van der Waals surface area contributed by atoms with E-state index in [1.54, 1.807) is 5.51 Å². The van der Waals surface area contributed by atoms with Gasteiger partial charge >= 0.3 is 0 Å². The summed E-state index contributed by atoms with van der Waals surface area (Å²) in [5, 5.41) is 11.3. The molecule has 3 aromatic rings. The van der Waals surface area contributed by atoms with Crippen LogP contribution in [0.3, 0.4) is 0 Å². The van der Waals surface area contributed by atoms with Crippen LogP contribution >= 0.6 is 11.3 Å². The molecule has 1 aliphatic heterocycles. The second-order valence-corrected chi connectivity index (χ2v) is 9.29. The van der Waals surface area contributed by atoms with Gasteiger partial charge in [0.1, 0.15) is 5.51 Å². The molecule has 7 heteroatoms. The molecule has 1 saturated heterocycles. The van der Waals surface area contributed by atoms with Gasteiger partial charge in [-0.2, -0.15) is 0 Å². The fourth-order valence-electron chi connectivity index (χ4n) is 4.19. The molecule has 1 unspecified atom stereocenters. The average molecular weight is 439 g/mol. The van der Waals surface area contributed by atoms with E-state index in [4.69, 9.17) is 4.74 Å². The number of hydrogen-bond donors (Lipinski definition) is 1. The Morgan fingerprint density at radius 3 is 2.55 bits per heavy atom. The topological polar surface area (TPSA) is 67.3 Å². The van der Waals surface area contributed by atoms with Gasteiger partial charge in [-0.25, -0.2) is 0 Å². The van der Waals surface area contributed by atoms with Gasteiger partial charge in [0.05, 0.1) is 18.6 Å². The summed E-state index contributed by atoms with van der Waals surface area (Å²) in [6.07, 6.45) is 0. The third kappa shape index (κ3) is 4.78. The number of ether oxygens (including phenoxy) is 1. The smallest absolute Gasteiger partial charge is 0.232 e. The fourth-order valence-corrected chi connectivity index (χ4v) is 4.63. The largest absolute Gasteiger partial charge is 0.378 e. The van der Waals surface area contributed by atoms with Crippen molar-refractivity contribution in [2.45, 2.75) is 26.7 Å². The molecule has 31 heavy (non-hydrogen) atoms. The molecule has 0 spiro atoms. The van der Waals surface area contributed by atoms with Crippen molar-refractivity contribution in [2.75, 3.05) is 36.5 Å². The number of aryl methyl sites for hydroxylation is 1. The van der Waals surface area contributed by atoms with Crippen molar-refractivity contribution in [3.05, 3.63) is 70.7 Å². The molecule has 4 rings (SSSR count). The summed E-state index contributed by atoms with van der Waals surface area (Å²) in [4.78, 5) is 15.7. The first-order valence-electron chi connectivity index (χ1n) is 10.5. The van der Waals surface area contributed by atoms with Gasteiger partial charge < -0.3 is 15.0 Å². The van der Waals surface area contributed by atoms with Crippen LogP contribution in [0, 0.1) is 12.3 Å². The standard InChI is InChI=1S/C24H28N4O2S.H2/c1-17-5-4-6-19(15-17)21(24(2,3)22(29)26-23-27-25-16-31-23)18-7-9-20(10-8-18)28-11-13-30-14-12-28;/h4-10,15-16,21H,11-14H2,1-3H3,(H,26,27,29);1H. The first-order chi connectivity index (χ1) is 14.9. The second kappa shape index (κ2) is 9.16. The minimum absolute atomic E-state index is 0. The Morgan fingerprint density at radius 2 is 1.90 bits per heavy atom. The Kier molecular flexibility index (Phi) is 6.34. The number of hydrogen-bond acceptors (Lipinski definition) is 6. The highest BCUT2D eigenvalue weighted by Crippen LogP contribution is 2.42. The van der Waals surface area contributed by atoms with Gasteiger partial charge in [0, 0.05) is 26.1 Å². The number of nitrogens with one attached hydrogen (secondary N) is 1. The van der Waals surface area contributed by atoms with Crippen molar-refractivity contribution in [1.82, 2.24) is 10.2 Å². The molecule has 1 aromatic heterocycles. The first kappa shape index (κ1) is 21.5. The lowest BCUT2D eigenvalue weighted by atomic mass is 9.70. The van der Waals surface area contributed by atoms with Crippen LogP contribution in [0.4, 0.5) is 10.8 Å². The van der Waals surface area contributed by atoms with Crippen LogP contribution in [-0.2, 0) is 9.53 Å². The summed E-state index contributed by atoms with van der Waals surface area (Å²) in [5.74, 6) is -0.188. The van der Waals surface area contributed by atoms with Crippen molar-refractivity contribution in [3.8, 4) is 0 Å². The summed E-state index contributed by atoms with van der Waals surface area (Å²) < 4.78 is 5.47.